The minimum atomic E-state index is -0.0434. The molecule has 3 aromatic rings. The number of morpholine rings is 1. The van der Waals surface area contributed by atoms with Gasteiger partial charge in [-0.15, -0.1) is 22.7 Å². The van der Waals surface area contributed by atoms with Crippen molar-refractivity contribution in [1.29, 1.82) is 5.26 Å². The zero-order valence-electron chi connectivity index (χ0n) is 14.2. The molecule has 6 nitrogen and oxygen atoms in total. The van der Waals surface area contributed by atoms with Gasteiger partial charge in [0.2, 0.25) is 0 Å². The number of nitrogens with zero attached hydrogens (tertiary/aromatic N) is 4. The van der Waals surface area contributed by atoms with Crippen LogP contribution in [0.4, 0.5) is 0 Å². The van der Waals surface area contributed by atoms with Crippen LogP contribution in [0.25, 0.3) is 20.7 Å². The standard InChI is InChI=1S/C18H18N4O2S2/c19-4-2-5-22-15(11-21-6-8-24-9-7-21)20-17-16(18(22)23)13(12-26-17)14-3-1-10-25-14/h1,3,10,12H,2,5-9,11H2. The van der Waals surface area contributed by atoms with Gasteiger partial charge in [-0.1, -0.05) is 6.07 Å². The summed E-state index contributed by atoms with van der Waals surface area (Å²) in [7, 11) is 0. The van der Waals surface area contributed by atoms with Gasteiger partial charge in [-0.05, 0) is 11.4 Å². The molecule has 0 unspecified atom stereocenters. The van der Waals surface area contributed by atoms with E-state index in [1.807, 2.05) is 22.9 Å². The van der Waals surface area contributed by atoms with Crippen LogP contribution in [0.2, 0.25) is 0 Å². The highest BCUT2D eigenvalue weighted by atomic mass is 32.1. The zero-order chi connectivity index (χ0) is 17.9. The smallest absolute Gasteiger partial charge is 0.263 e. The molecule has 8 heteroatoms. The lowest BCUT2D eigenvalue weighted by Crippen LogP contribution is -2.38. The first-order valence-electron chi connectivity index (χ1n) is 8.50. The van der Waals surface area contributed by atoms with E-state index in [1.165, 1.54) is 11.3 Å². The summed E-state index contributed by atoms with van der Waals surface area (Å²) in [5.41, 5.74) is 0.902. The van der Waals surface area contributed by atoms with Gasteiger partial charge in [0.1, 0.15) is 10.7 Å². The van der Waals surface area contributed by atoms with Gasteiger partial charge in [0.05, 0.1) is 37.6 Å². The fraction of sp³-hybridized carbons (Fsp3) is 0.389. The van der Waals surface area contributed by atoms with Crippen molar-refractivity contribution in [1.82, 2.24) is 14.5 Å². The first-order valence-corrected chi connectivity index (χ1v) is 10.3. The van der Waals surface area contributed by atoms with Crippen molar-refractivity contribution in [2.75, 3.05) is 26.3 Å². The molecule has 1 fully saturated rings. The first kappa shape index (κ1) is 17.4. The molecule has 0 atom stereocenters. The van der Waals surface area contributed by atoms with E-state index in [0.29, 0.717) is 38.1 Å². The molecule has 4 rings (SSSR count). The number of hydrogen-bond acceptors (Lipinski definition) is 7. The van der Waals surface area contributed by atoms with Crippen molar-refractivity contribution < 1.29 is 4.74 Å². The van der Waals surface area contributed by atoms with Crippen molar-refractivity contribution in [2.45, 2.75) is 19.5 Å². The van der Waals surface area contributed by atoms with E-state index >= 15 is 0 Å². The lowest BCUT2D eigenvalue weighted by molar-refractivity contribution is 0.0324. The largest absolute Gasteiger partial charge is 0.379 e. The predicted molar refractivity (Wildman–Crippen MR) is 104 cm³/mol. The summed E-state index contributed by atoms with van der Waals surface area (Å²) >= 11 is 3.13. The Bertz CT molecular complexity index is 995. The average Bonchev–Trinajstić information content (AvgIpc) is 3.31. The second-order valence-corrected chi connectivity index (χ2v) is 7.89. The molecule has 0 aliphatic carbocycles. The highest BCUT2D eigenvalue weighted by Crippen LogP contribution is 2.33. The number of rotatable bonds is 5. The molecule has 0 aromatic carbocycles. The van der Waals surface area contributed by atoms with Gasteiger partial charge >= 0.3 is 0 Å². The quantitative estimate of drug-likeness (QED) is 0.674. The summed E-state index contributed by atoms with van der Waals surface area (Å²) < 4.78 is 7.09. The van der Waals surface area contributed by atoms with Gasteiger partial charge in [0.15, 0.2) is 0 Å². The van der Waals surface area contributed by atoms with Gasteiger partial charge in [-0.25, -0.2) is 4.98 Å². The summed E-state index contributed by atoms with van der Waals surface area (Å²) in [5, 5.41) is 13.7. The Morgan fingerprint density at radius 1 is 1.31 bits per heavy atom. The maximum atomic E-state index is 13.3. The van der Waals surface area contributed by atoms with Crippen molar-refractivity contribution in [3.8, 4) is 16.5 Å². The van der Waals surface area contributed by atoms with E-state index in [-0.39, 0.29) is 5.56 Å². The third-order valence-electron chi connectivity index (χ3n) is 4.48. The number of ether oxygens (including phenoxy) is 1. The molecule has 26 heavy (non-hydrogen) atoms. The average molecular weight is 387 g/mol. The number of hydrogen-bond donors (Lipinski definition) is 0. The molecule has 0 spiro atoms. The monoisotopic (exact) mass is 386 g/mol. The molecular weight excluding hydrogens is 368 g/mol. The number of fused-ring (bicyclic) bond motifs is 1. The molecule has 134 valence electrons. The summed E-state index contributed by atoms with van der Waals surface area (Å²) in [6.07, 6.45) is 0.293. The molecule has 3 aromatic heterocycles. The van der Waals surface area contributed by atoms with E-state index in [1.54, 1.807) is 15.9 Å². The van der Waals surface area contributed by atoms with Crippen LogP contribution in [0.3, 0.4) is 0 Å². The Balaban J connectivity index is 1.81. The van der Waals surface area contributed by atoms with Gasteiger partial charge < -0.3 is 4.74 Å². The number of nitriles is 1. The van der Waals surface area contributed by atoms with E-state index < -0.39 is 0 Å². The molecule has 0 N–H and O–H groups in total. The second-order valence-electron chi connectivity index (χ2n) is 6.09. The molecule has 1 aliphatic rings. The molecule has 1 saturated heterocycles. The molecule has 1 aliphatic heterocycles. The number of aromatic nitrogens is 2. The maximum absolute atomic E-state index is 13.3. The fourth-order valence-corrected chi connectivity index (χ4v) is 4.92. The van der Waals surface area contributed by atoms with E-state index in [4.69, 9.17) is 15.0 Å². The normalized spacial score (nSPS) is 15.3. The van der Waals surface area contributed by atoms with Gasteiger partial charge in [0.25, 0.3) is 5.56 Å². The molecule has 0 radical (unpaired) electrons. The Morgan fingerprint density at radius 2 is 2.15 bits per heavy atom. The Morgan fingerprint density at radius 3 is 2.88 bits per heavy atom. The van der Waals surface area contributed by atoms with Crippen LogP contribution in [0.15, 0.2) is 27.7 Å². The lowest BCUT2D eigenvalue weighted by atomic mass is 10.2. The maximum Gasteiger partial charge on any atom is 0.263 e. The molecular formula is C18H18N4O2S2. The topological polar surface area (TPSA) is 71.2 Å². The van der Waals surface area contributed by atoms with Crippen molar-refractivity contribution in [3.63, 3.8) is 0 Å². The van der Waals surface area contributed by atoms with Crippen LogP contribution in [-0.4, -0.2) is 40.8 Å². The summed E-state index contributed by atoms with van der Waals surface area (Å²) in [6.45, 7) is 4.04. The zero-order valence-corrected chi connectivity index (χ0v) is 15.8. The Hall–Kier alpha value is -2.05. The molecule has 4 heterocycles. The summed E-state index contributed by atoms with van der Waals surface area (Å²) in [4.78, 5) is 22.2. The van der Waals surface area contributed by atoms with Crippen LogP contribution < -0.4 is 5.56 Å². The highest BCUT2D eigenvalue weighted by Gasteiger charge is 2.20. The van der Waals surface area contributed by atoms with Gasteiger partial charge in [0, 0.05) is 35.5 Å². The fourth-order valence-electron chi connectivity index (χ4n) is 3.15. The Kier molecular flexibility index (Phi) is 5.13. The van der Waals surface area contributed by atoms with Crippen molar-refractivity contribution in [3.05, 3.63) is 39.1 Å². The van der Waals surface area contributed by atoms with Crippen LogP contribution in [-0.2, 0) is 17.8 Å². The number of thiophene rings is 2. The van der Waals surface area contributed by atoms with Crippen LogP contribution in [0, 0.1) is 11.3 Å². The predicted octanol–water partition coefficient (Wildman–Crippen LogP) is 2.93. The summed E-state index contributed by atoms with van der Waals surface area (Å²) in [6, 6.07) is 6.15. The van der Waals surface area contributed by atoms with Crippen LogP contribution >= 0.6 is 22.7 Å². The first-order chi connectivity index (χ1) is 12.8. The third kappa shape index (κ3) is 3.31. The third-order valence-corrected chi connectivity index (χ3v) is 6.25. The van der Waals surface area contributed by atoms with E-state index in [0.717, 1.165) is 34.2 Å². The van der Waals surface area contributed by atoms with Crippen molar-refractivity contribution >= 4 is 32.9 Å². The second kappa shape index (κ2) is 7.68. The van der Waals surface area contributed by atoms with Crippen LogP contribution in [0.1, 0.15) is 12.2 Å². The highest BCUT2D eigenvalue weighted by molar-refractivity contribution is 7.18. The SMILES string of the molecule is N#CCCn1c(CN2CCOCC2)nc2scc(-c3cccs3)c2c1=O. The van der Waals surface area contributed by atoms with Crippen molar-refractivity contribution in [2.24, 2.45) is 0 Å². The minimum Gasteiger partial charge on any atom is -0.379 e. The lowest BCUT2D eigenvalue weighted by Gasteiger charge is -2.27. The van der Waals surface area contributed by atoms with Gasteiger partial charge in [-0.3, -0.25) is 14.3 Å². The van der Waals surface area contributed by atoms with E-state index in [9.17, 15) is 4.79 Å². The Labute approximate surface area is 158 Å². The molecule has 0 saturated carbocycles. The molecule has 0 bridgehead atoms. The summed E-state index contributed by atoms with van der Waals surface area (Å²) in [5.74, 6) is 0.735. The van der Waals surface area contributed by atoms with Crippen LogP contribution in [0.5, 0.6) is 0 Å². The molecule has 0 amide bonds. The minimum absolute atomic E-state index is 0.0434. The van der Waals surface area contributed by atoms with Gasteiger partial charge in [-0.2, -0.15) is 5.26 Å². The van der Waals surface area contributed by atoms with E-state index in [2.05, 4.69) is 11.0 Å².